The number of carbonyl (C=O) groups excluding carboxylic acids is 2. The molecule has 2 aromatic rings. The number of nitrogens with one attached hydrogen (secondary N) is 1. The summed E-state index contributed by atoms with van der Waals surface area (Å²) >= 11 is 0. The molecule has 1 N–H and O–H groups in total. The fourth-order valence-electron chi connectivity index (χ4n) is 2.94. The van der Waals surface area contributed by atoms with Gasteiger partial charge in [0.15, 0.2) is 6.61 Å². The standard InChI is InChI=1S/C24H32N2O3/c1-17-11-10-14-21(18(17)2)29-16-22(27)26(15-20-12-8-7-9-13-20)19(3)23(28)25-24(4,5)6/h7-14,19H,15-16H2,1-6H3,(H,25,28)/t19-/m1/s1. The molecule has 0 aromatic heterocycles. The number of amides is 2. The number of nitrogens with zero attached hydrogens (tertiary/aromatic N) is 1. The highest BCUT2D eigenvalue weighted by Gasteiger charge is 2.28. The normalized spacial score (nSPS) is 12.2. The molecule has 0 aliphatic heterocycles. The van der Waals surface area contributed by atoms with Gasteiger partial charge in [-0.05, 0) is 64.3 Å². The Morgan fingerprint density at radius 3 is 2.31 bits per heavy atom. The van der Waals surface area contributed by atoms with E-state index in [1.54, 1.807) is 11.8 Å². The summed E-state index contributed by atoms with van der Waals surface area (Å²) in [6.07, 6.45) is 0. The van der Waals surface area contributed by atoms with Gasteiger partial charge < -0.3 is 15.0 Å². The maximum absolute atomic E-state index is 13.0. The molecule has 0 saturated carbocycles. The molecule has 0 aliphatic rings. The van der Waals surface area contributed by atoms with Crippen LogP contribution >= 0.6 is 0 Å². The van der Waals surface area contributed by atoms with E-state index in [9.17, 15) is 9.59 Å². The third kappa shape index (κ3) is 6.63. The van der Waals surface area contributed by atoms with Gasteiger partial charge in [0.05, 0.1) is 0 Å². The second-order valence-electron chi connectivity index (χ2n) is 8.41. The minimum Gasteiger partial charge on any atom is -0.483 e. The first kappa shape index (κ1) is 22.5. The molecule has 0 unspecified atom stereocenters. The summed E-state index contributed by atoms with van der Waals surface area (Å²) in [4.78, 5) is 27.3. The van der Waals surface area contributed by atoms with E-state index in [4.69, 9.17) is 4.74 Å². The van der Waals surface area contributed by atoms with Crippen molar-refractivity contribution in [2.24, 2.45) is 0 Å². The van der Waals surface area contributed by atoms with Crippen LogP contribution in [-0.2, 0) is 16.1 Å². The van der Waals surface area contributed by atoms with E-state index in [2.05, 4.69) is 5.32 Å². The van der Waals surface area contributed by atoms with Crippen molar-refractivity contribution in [3.8, 4) is 5.75 Å². The minimum atomic E-state index is -0.621. The Bertz CT molecular complexity index is 841. The van der Waals surface area contributed by atoms with E-state index in [0.29, 0.717) is 12.3 Å². The Morgan fingerprint density at radius 2 is 1.69 bits per heavy atom. The van der Waals surface area contributed by atoms with Crippen LogP contribution in [0.2, 0.25) is 0 Å². The van der Waals surface area contributed by atoms with Crippen LogP contribution in [0.15, 0.2) is 48.5 Å². The van der Waals surface area contributed by atoms with Crippen LogP contribution in [0.1, 0.15) is 44.4 Å². The Labute approximate surface area is 174 Å². The zero-order chi connectivity index (χ0) is 21.6. The second-order valence-corrected chi connectivity index (χ2v) is 8.41. The van der Waals surface area contributed by atoms with Crippen molar-refractivity contribution in [1.82, 2.24) is 10.2 Å². The quantitative estimate of drug-likeness (QED) is 0.769. The molecule has 0 heterocycles. The number of carbonyl (C=O) groups is 2. The lowest BCUT2D eigenvalue weighted by Gasteiger charge is -2.31. The van der Waals surface area contributed by atoms with Gasteiger partial charge in [0.2, 0.25) is 5.91 Å². The van der Waals surface area contributed by atoms with Gasteiger partial charge >= 0.3 is 0 Å². The summed E-state index contributed by atoms with van der Waals surface area (Å²) in [6, 6.07) is 14.8. The first-order valence-electron chi connectivity index (χ1n) is 9.93. The topological polar surface area (TPSA) is 58.6 Å². The number of hydrogen-bond donors (Lipinski definition) is 1. The van der Waals surface area contributed by atoms with Gasteiger partial charge in [0.25, 0.3) is 5.91 Å². The first-order valence-corrected chi connectivity index (χ1v) is 9.93. The Kier molecular flexibility index (Phi) is 7.43. The average Bonchev–Trinajstić information content (AvgIpc) is 2.66. The molecule has 0 spiro atoms. The first-order chi connectivity index (χ1) is 13.6. The van der Waals surface area contributed by atoms with Crippen LogP contribution in [-0.4, -0.2) is 34.9 Å². The smallest absolute Gasteiger partial charge is 0.261 e. The fourth-order valence-corrected chi connectivity index (χ4v) is 2.94. The lowest BCUT2D eigenvalue weighted by molar-refractivity contribution is -0.142. The van der Waals surface area contributed by atoms with Gasteiger partial charge in [0.1, 0.15) is 11.8 Å². The van der Waals surface area contributed by atoms with E-state index in [-0.39, 0.29) is 24.0 Å². The van der Waals surface area contributed by atoms with Gasteiger partial charge in [-0.2, -0.15) is 0 Å². The maximum atomic E-state index is 13.0. The minimum absolute atomic E-state index is 0.121. The van der Waals surface area contributed by atoms with E-state index >= 15 is 0 Å². The van der Waals surface area contributed by atoms with Crippen molar-refractivity contribution in [3.63, 3.8) is 0 Å². The Hall–Kier alpha value is -2.82. The van der Waals surface area contributed by atoms with Crippen molar-refractivity contribution in [2.75, 3.05) is 6.61 Å². The molecule has 0 aliphatic carbocycles. The van der Waals surface area contributed by atoms with Crippen molar-refractivity contribution in [1.29, 1.82) is 0 Å². The molecule has 2 rings (SSSR count). The zero-order valence-electron chi connectivity index (χ0n) is 18.3. The molecule has 2 aromatic carbocycles. The monoisotopic (exact) mass is 396 g/mol. The largest absolute Gasteiger partial charge is 0.483 e. The lowest BCUT2D eigenvalue weighted by Crippen LogP contribution is -2.53. The molecule has 0 fully saturated rings. The van der Waals surface area contributed by atoms with Gasteiger partial charge in [-0.25, -0.2) is 0 Å². The maximum Gasteiger partial charge on any atom is 0.261 e. The molecule has 156 valence electrons. The third-order valence-corrected chi connectivity index (χ3v) is 4.77. The van der Waals surface area contributed by atoms with Gasteiger partial charge in [0, 0.05) is 12.1 Å². The molecule has 1 atom stereocenters. The third-order valence-electron chi connectivity index (χ3n) is 4.77. The van der Waals surface area contributed by atoms with E-state index < -0.39 is 6.04 Å². The van der Waals surface area contributed by atoms with Gasteiger partial charge in [-0.1, -0.05) is 42.5 Å². The zero-order valence-corrected chi connectivity index (χ0v) is 18.3. The predicted molar refractivity (Wildman–Crippen MR) is 116 cm³/mol. The molecule has 2 amide bonds. The van der Waals surface area contributed by atoms with Crippen LogP contribution < -0.4 is 10.1 Å². The molecule has 0 saturated heterocycles. The fraction of sp³-hybridized carbons (Fsp3) is 0.417. The number of aryl methyl sites for hydroxylation is 1. The summed E-state index contributed by atoms with van der Waals surface area (Å²) in [5, 5.41) is 2.96. The van der Waals surface area contributed by atoms with E-state index in [1.165, 1.54) is 0 Å². The van der Waals surface area contributed by atoms with Crippen LogP contribution in [0.25, 0.3) is 0 Å². The highest BCUT2D eigenvalue weighted by molar-refractivity contribution is 5.88. The number of hydrogen-bond acceptors (Lipinski definition) is 3. The molecular formula is C24H32N2O3. The summed E-state index contributed by atoms with van der Waals surface area (Å²) in [7, 11) is 0. The molecule has 0 radical (unpaired) electrons. The van der Waals surface area contributed by atoms with E-state index in [1.807, 2.05) is 83.1 Å². The van der Waals surface area contributed by atoms with Crippen molar-refractivity contribution >= 4 is 11.8 Å². The second kappa shape index (κ2) is 9.59. The number of benzene rings is 2. The SMILES string of the molecule is Cc1cccc(OCC(=O)N(Cc2ccccc2)[C@H](C)C(=O)NC(C)(C)C)c1C. The van der Waals surface area contributed by atoms with Gasteiger partial charge in [-0.15, -0.1) is 0 Å². The number of rotatable bonds is 7. The molecule has 0 bridgehead atoms. The summed E-state index contributed by atoms with van der Waals surface area (Å²) in [5.41, 5.74) is 2.70. The molecule has 5 nitrogen and oxygen atoms in total. The highest BCUT2D eigenvalue weighted by atomic mass is 16.5. The average molecular weight is 397 g/mol. The van der Waals surface area contributed by atoms with Crippen LogP contribution in [0.3, 0.4) is 0 Å². The Morgan fingerprint density at radius 1 is 1.03 bits per heavy atom. The van der Waals surface area contributed by atoms with Crippen molar-refractivity contribution in [2.45, 2.75) is 59.7 Å². The summed E-state index contributed by atoms with van der Waals surface area (Å²) < 4.78 is 5.81. The molecule has 29 heavy (non-hydrogen) atoms. The van der Waals surface area contributed by atoms with Crippen LogP contribution in [0, 0.1) is 13.8 Å². The van der Waals surface area contributed by atoms with E-state index in [0.717, 1.165) is 16.7 Å². The summed E-state index contributed by atoms with van der Waals surface area (Å²) in [6.45, 7) is 11.7. The molecule has 5 heteroatoms. The molecular weight excluding hydrogens is 364 g/mol. The number of ether oxygens (including phenoxy) is 1. The predicted octanol–water partition coefficient (Wildman–Crippen LogP) is 4.01. The van der Waals surface area contributed by atoms with Crippen molar-refractivity contribution < 1.29 is 14.3 Å². The highest BCUT2D eigenvalue weighted by Crippen LogP contribution is 2.21. The van der Waals surface area contributed by atoms with Crippen LogP contribution in [0.5, 0.6) is 5.75 Å². The van der Waals surface area contributed by atoms with Gasteiger partial charge in [-0.3, -0.25) is 9.59 Å². The van der Waals surface area contributed by atoms with Crippen molar-refractivity contribution in [3.05, 3.63) is 65.2 Å². The lowest BCUT2D eigenvalue weighted by atomic mass is 10.1. The van der Waals surface area contributed by atoms with Crippen LogP contribution in [0.4, 0.5) is 0 Å². The Balaban J connectivity index is 2.17. The summed E-state index contributed by atoms with van der Waals surface area (Å²) in [5.74, 6) is 0.268.